The molecule has 0 spiro atoms. The van der Waals surface area contributed by atoms with E-state index in [1.807, 2.05) is 12.1 Å². The molecule has 3 nitrogen and oxygen atoms in total. The summed E-state index contributed by atoms with van der Waals surface area (Å²) in [5.41, 5.74) is 1.16. The molecule has 1 saturated heterocycles. The highest BCUT2D eigenvalue weighted by molar-refractivity contribution is 9.10. The van der Waals surface area contributed by atoms with E-state index in [0.717, 1.165) is 49.3 Å². The Morgan fingerprint density at radius 2 is 2.22 bits per heavy atom. The Morgan fingerprint density at radius 1 is 1.44 bits per heavy atom. The summed E-state index contributed by atoms with van der Waals surface area (Å²) in [6.45, 7) is 8.15. The van der Waals surface area contributed by atoms with Gasteiger partial charge in [0.1, 0.15) is 4.60 Å². The summed E-state index contributed by atoms with van der Waals surface area (Å²) in [7, 11) is 0. The van der Waals surface area contributed by atoms with Gasteiger partial charge >= 0.3 is 0 Å². The highest BCUT2D eigenvalue weighted by atomic mass is 79.9. The van der Waals surface area contributed by atoms with Crippen molar-refractivity contribution < 1.29 is 0 Å². The Hall–Kier alpha value is -0.710. The molecule has 1 atom stereocenters. The summed E-state index contributed by atoms with van der Waals surface area (Å²) in [6.07, 6.45) is 4.11. The van der Waals surface area contributed by atoms with Crippen LogP contribution in [-0.4, -0.2) is 36.1 Å². The molecular weight excluding hydrogens is 290 g/mol. The van der Waals surface area contributed by atoms with E-state index in [4.69, 9.17) is 0 Å². The van der Waals surface area contributed by atoms with Crippen LogP contribution >= 0.6 is 15.9 Å². The highest BCUT2D eigenvalue weighted by Gasteiger charge is 2.22. The Bertz CT molecular complexity index is 388. The van der Waals surface area contributed by atoms with Crippen molar-refractivity contribution in [1.82, 2.24) is 15.2 Å². The molecular formula is C14H20BrN3. The van der Waals surface area contributed by atoms with Crippen LogP contribution in [0.4, 0.5) is 0 Å². The van der Waals surface area contributed by atoms with Crippen LogP contribution < -0.4 is 5.32 Å². The van der Waals surface area contributed by atoms with Crippen LogP contribution in [0.25, 0.3) is 0 Å². The van der Waals surface area contributed by atoms with E-state index in [2.05, 4.69) is 49.8 Å². The first-order valence-electron chi connectivity index (χ1n) is 6.49. The van der Waals surface area contributed by atoms with E-state index in [1.54, 1.807) is 0 Å². The lowest BCUT2D eigenvalue weighted by Crippen LogP contribution is -2.45. The first-order chi connectivity index (χ1) is 8.81. The van der Waals surface area contributed by atoms with Crippen molar-refractivity contribution in [2.75, 3.05) is 26.2 Å². The zero-order valence-corrected chi connectivity index (χ0v) is 12.2. The number of hydrogen-bond acceptors (Lipinski definition) is 3. The molecule has 0 bridgehead atoms. The number of rotatable bonds is 5. The van der Waals surface area contributed by atoms with Crippen LogP contribution in [0.15, 0.2) is 35.5 Å². The Kier molecular flexibility index (Phi) is 5.35. The quantitative estimate of drug-likeness (QED) is 0.669. The summed E-state index contributed by atoms with van der Waals surface area (Å²) >= 11 is 3.46. The van der Waals surface area contributed by atoms with Gasteiger partial charge in [0, 0.05) is 26.2 Å². The molecule has 1 fully saturated rings. The second-order valence-corrected chi connectivity index (χ2v) is 5.37. The number of nitrogens with one attached hydrogen (secondary N) is 1. The molecule has 2 rings (SSSR count). The van der Waals surface area contributed by atoms with Gasteiger partial charge in [0.2, 0.25) is 0 Å². The maximum absolute atomic E-state index is 4.62. The number of nitrogens with zero attached hydrogens (tertiary/aromatic N) is 2. The molecule has 2 heterocycles. The molecule has 1 aromatic rings. The number of halogens is 1. The van der Waals surface area contributed by atoms with Gasteiger partial charge in [0.15, 0.2) is 0 Å². The molecule has 0 amide bonds. The van der Waals surface area contributed by atoms with Crippen molar-refractivity contribution in [2.24, 2.45) is 0 Å². The molecule has 1 N–H and O–H groups in total. The molecule has 0 aliphatic carbocycles. The van der Waals surface area contributed by atoms with Gasteiger partial charge in [0.25, 0.3) is 0 Å². The molecule has 1 aliphatic rings. The number of hydrogen-bond donors (Lipinski definition) is 1. The molecule has 0 aromatic carbocycles. The summed E-state index contributed by atoms with van der Waals surface area (Å²) in [5, 5.41) is 3.40. The molecule has 0 unspecified atom stereocenters. The normalized spacial score (nSPS) is 18.5. The molecule has 18 heavy (non-hydrogen) atoms. The third kappa shape index (κ3) is 3.64. The smallest absolute Gasteiger partial charge is 0.106 e. The number of aromatic nitrogens is 1. The van der Waals surface area contributed by atoms with Crippen molar-refractivity contribution in [1.29, 1.82) is 0 Å². The summed E-state index contributed by atoms with van der Waals surface area (Å²) in [4.78, 5) is 7.14. The van der Waals surface area contributed by atoms with Crippen molar-refractivity contribution >= 4 is 15.9 Å². The first kappa shape index (κ1) is 13.7. The van der Waals surface area contributed by atoms with Crippen LogP contribution in [0.1, 0.15) is 24.6 Å². The molecule has 4 heteroatoms. The van der Waals surface area contributed by atoms with Crippen LogP contribution in [0.3, 0.4) is 0 Å². The standard InChI is InChI=1S/C14H20BrN3/c1-2-3-6-13(18-10-8-16-9-11-18)12-5-4-7-14(15)17-12/h2,4-5,7,13,16H,1,3,6,8-11H2/t13-/m1/s1. The average molecular weight is 310 g/mol. The molecule has 0 saturated carbocycles. The highest BCUT2D eigenvalue weighted by Crippen LogP contribution is 2.25. The van der Waals surface area contributed by atoms with Crippen LogP contribution in [0, 0.1) is 0 Å². The van der Waals surface area contributed by atoms with E-state index >= 15 is 0 Å². The van der Waals surface area contributed by atoms with Crippen molar-refractivity contribution in [2.45, 2.75) is 18.9 Å². The topological polar surface area (TPSA) is 28.2 Å². The Labute approximate surface area is 117 Å². The number of pyridine rings is 1. The third-order valence-corrected chi connectivity index (χ3v) is 3.76. The fraction of sp³-hybridized carbons (Fsp3) is 0.500. The second kappa shape index (κ2) is 7.02. The molecule has 1 aromatic heterocycles. The largest absolute Gasteiger partial charge is 0.314 e. The van der Waals surface area contributed by atoms with Gasteiger partial charge in [0.05, 0.1) is 11.7 Å². The van der Waals surface area contributed by atoms with E-state index in [-0.39, 0.29) is 0 Å². The van der Waals surface area contributed by atoms with Gasteiger partial charge in [-0.25, -0.2) is 4.98 Å². The van der Waals surface area contributed by atoms with Gasteiger partial charge in [-0.05, 0) is 40.9 Å². The maximum atomic E-state index is 4.62. The van der Waals surface area contributed by atoms with Gasteiger partial charge in [-0.3, -0.25) is 4.90 Å². The summed E-state index contributed by atoms with van der Waals surface area (Å²) in [5.74, 6) is 0. The monoisotopic (exact) mass is 309 g/mol. The van der Waals surface area contributed by atoms with E-state index in [9.17, 15) is 0 Å². The lowest BCUT2D eigenvalue weighted by molar-refractivity contribution is 0.163. The zero-order chi connectivity index (χ0) is 12.8. The van der Waals surface area contributed by atoms with Crippen LogP contribution in [0.5, 0.6) is 0 Å². The molecule has 1 aliphatic heterocycles. The van der Waals surface area contributed by atoms with Gasteiger partial charge in [-0.2, -0.15) is 0 Å². The summed E-state index contributed by atoms with van der Waals surface area (Å²) < 4.78 is 0.915. The van der Waals surface area contributed by atoms with Crippen molar-refractivity contribution in [3.8, 4) is 0 Å². The minimum atomic E-state index is 0.405. The lowest BCUT2D eigenvalue weighted by Gasteiger charge is -2.34. The van der Waals surface area contributed by atoms with E-state index < -0.39 is 0 Å². The minimum Gasteiger partial charge on any atom is -0.314 e. The summed E-state index contributed by atoms with van der Waals surface area (Å²) in [6, 6.07) is 6.57. The zero-order valence-electron chi connectivity index (χ0n) is 10.6. The van der Waals surface area contributed by atoms with E-state index in [0.29, 0.717) is 6.04 Å². The maximum Gasteiger partial charge on any atom is 0.106 e. The third-order valence-electron chi connectivity index (χ3n) is 3.31. The SMILES string of the molecule is C=CCC[C@H](c1cccc(Br)n1)N1CCNCC1. The van der Waals surface area contributed by atoms with Crippen LogP contribution in [0.2, 0.25) is 0 Å². The fourth-order valence-electron chi connectivity index (χ4n) is 2.40. The molecule has 0 radical (unpaired) electrons. The van der Waals surface area contributed by atoms with Gasteiger partial charge in [-0.15, -0.1) is 6.58 Å². The number of piperazine rings is 1. The predicted molar refractivity (Wildman–Crippen MR) is 78.6 cm³/mol. The van der Waals surface area contributed by atoms with Gasteiger partial charge in [-0.1, -0.05) is 12.1 Å². The molecule has 98 valence electrons. The Morgan fingerprint density at radius 3 is 2.89 bits per heavy atom. The fourth-order valence-corrected chi connectivity index (χ4v) is 2.75. The van der Waals surface area contributed by atoms with E-state index in [1.165, 1.54) is 0 Å². The van der Waals surface area contributed by atoms with Crippen molar-refractivity contribution in [3.63, 3.8) is 0 Å². The van der Waals surface area contributed by atoms with Crippen molar-refractivity contribution in [3.05, 3.63) is 41.2 Å². The predicted octanol–water partition coefficient (Wildman–Crippen LogP) is 2.76. The van der Waals surface area contributed by atoms with Gasteiger partial charge < -0.3 is 5.32 Å². The average Bonchev–Trinajstić information content (AvgIpc) is 2.40. The Balaban J connectivity index is 2.15. The first-order valence-corrected chi connectivity index (χ1v) is 7.28. The number of allylic oxidation sites excluding steroid dienone is 1. The lowest BCUT2D eigenvalue weighted by atomic mass is 10.0. The second-order valence-electron chi connectivity index (χ2n) is 4.55. The van der Waals surface area contributed by atoms with Crippen LogP contribution in [-0.2, 0) is 0 Å². The minimum absolute atomic E-state index is 0.405.